The first-order valence-corrected chi connectivity index (χ1v) is 5.74. The Balaban J connectivity index is 2.25. The minimum Gasteiger partial charge on any atom is -0.382 e. The number of hydrogen-bond donors (Lipinski definition) is 1. The fraction of sp³-hybridized carbons (Fsp3) is 0.0909. The number of fused-ring (bicyclic) bond motifs is 1. The number of nitrogen functional groups attached to an aromatic ring is 1. The van der Waals surface area contributed by atoms with Gasteiger partial charge in [-0.25, -0.2) is 4.98 Å². The summed E-state index contributed by atoms with van der Waals surface area (Å²) in [5.41, 5.74) is 7.86. The van der Waals surface area contributed by atoms with E-state index in [2.05, 4.69) is 10.1 Å². The van der Waals surface area contributed by atoms with E-state index in [9.17, 15) is 0 Å². The van der Waals surface area contributed by atoms with E-state index in [1.807, 2.05) is 37.3 Å². The second kappa shape index (κ2) is 3.31. The van der Waals surface area contributed by atoms with Gasteiger partial charge in [0.15, 0.2) is 5.82 Å². The standard InChI is InChI=1S/C11H10N4S/c1-7-14-15-10(12)9(13-11(15)16-7)8-5-3-2-4-6-8/h2-6H,12H2,1H3. The first-order chi connectivity index (χ1) is 7.75. The molecule has 0 saturated heterocycles. The van der Waals surface area contributed by atoms with Crippen LogP contribution in [0, 0.1) is 6.92 Å². The van der Waals surface area contributed by atoms with Gasteiger partial charge in [-0.3, -0.25) is 0 Å². The number of hydrogen-bond acceptors (Lipinski definition) is 4. The third-order valence-corrected chi connectivity index (χ3v) is 3.21. The van der Waals surface area contributed by atoms with Crippen molar-refractivity contribution in [1.82, 2.24) is 14.6 Å². The molecule has 0 radical (unpaired) electrons. The largest absolute Gasteiger partial charge is 0.382 e. The van der Waals surface area contributed by atoms with Crippen molar-refractivity contribution in [3.05, 3.63) is 35.3 Å². The molecule has 0 unspecified atom stereocenters. The van der Waals surface area contributed by atoms with Crippen molar-refractivity contribution in [3.63, 3.8) is 0 Å². The van der Waals surface area contributed by atoms with E-state index >= 15 is 0 Å². The van der Waals surface area contributed by atoms with Crippen LogP contribution >= 0.6 is 11.3 Å². The van der Waals surface area contributed by atoms with Crippen LogP contribution < -0.4 is 5.73 Å². The molecule has 3 aromatic rings. The molecular formula is C11H10N4S. The Morgan fingerprint density at radius 2 is 2.00 bits per heavy atom. The molecule has 0 aliphatic rings. The number of aromatic nitrogens is 3. The first-order valence-electron chi connectivity index (χ1n) is 4.93. The van der Waals surface area contributed by atoms with E-state index in [4.69, 9.17) is 5.73 Å². The van der Waals surface area contributed by atoms with Gasteiger partial charge < -0.3 is 5.73 Å². The van der Waals surface area contributed by atoms with Gasteiger partial charge in [0.1, 0.15) is 10.7 Å². The summed E-state index contributed by atoms with van der Waals surface area (Å²) < 4.78 is 1.70. The molecule has 0 aliphatic carbocycles. The summed E-state index contributed by atoms with van der Waals surface area (Å²) in [5.74, 6) is 0.602. The fourth-order valence-corrected chi connectivity index (χ4v) is 2.42. The number of benzene rings is 1. The highest BCUT2D eigenvalue weighted by Gasteiger charge is 2.13. The monoisotopic (exact) mass is 230 g/mol. The second-order valence-electron chi connectivity index (χ2n) is 3.53. The summed E-state index contributed by atoms with van der Waals surface area (Å²) in [5, 5.41) is 5.27. The van der Waals surface area contributed by atoms with Crippen molar-refractivity contribution < 1.29 is 0 Å². The molecule has 2 heterocycles. The quantitative estimate of drug-likeness (QED) is 0.698. The van der Waals surface area contributed by atoms with E-state index in [-0.39, 0.29) is 0 Å². The molecule has 1 aromatic carbocycles. The minimum atomic E-state index is 0.602. The van der Waals surface area contributed by atoms with Crippen LogP contribution in [0.1, 0.15) is 5.01 Å². The summed E-state index contributed by atoms with van der Waals surface area (Å²) >= 11 is 1.54. The van der Waals surface area contributed by atoms with Crippen LogP contribution in [0.15, 0.2) is 30.3 Å². The Labute approximate surface area is 96.4 Å². The Morgan fingerprint density at radius 3 is 2.69 bits per heavy atom. The van der Waals surface area contributed by atoms with Crippen LogP contribution in [0.4, 0.5) is 5.82 Å². The first kappa shape index (κ1) is 9.35. The van der Waals surface area contributed by atoms with Gasteiger partial charge in [-0.2, -0.15) is 9.61 Å². The summed E-state index contributed by atoms with van der Waals surface area (Å²) in [6.07, 6.45) is 0. The fourth-order valence-electron chi connectivity index (χ4n) is 1.67. The van der Waals surface area contributed by atoms with Crippen LogP contribution in [-0.4, -0.2) is 14.6 Å². The lowest BCUT2D eigenvalue weighted by molar-refractivity contribution is 0.956. The smallest absolute Gasteiger partial charge is 0.214 e. The molecule has 0 amide bonds. The maximum atomic E-state index is 6.03. The number of nitrogens with two attached hydrogens (primary N) is 1. The zero-order valence-electron chi connectivity index (χ0n) is 8.71. The number of rotatable bonds is 1. The van der Waals surface area contributed by atoms with E-state index in [1.54, 1.807) is 15.9 Å². The van der Waals surface area contributed by atoms with Crippen molar-refractivity contribution in [1.29, 1.82) is 0 Å². The summed E-state index contributed by atoms with van der Waals surface area (Å²) in [7, 11) is 0. The van der Waals surface area contributed by atoms with E-state index in [0.717, 1.165) is 21.2 Å². The zero-order valence-corrected chi connectivity index (χ0v) is 9.53. The average Bonchev–Trinajstić information content (AvgIpc) is 2.79. The Hall–Kier alpha value is -1.88. The zero-order chi connectivity index (χ0) is 11.1. The SMILES string of the molecule is Cc1nn2c(N)c(-c3ccccc3)nc2s1. The summed E-state index contributed by atoms with van der Waals surface area (Å²) in [6, 6.07) is 9.91. The molecule has 4 nitrogen and oxygen atoms in total. The maximum absolute atomic E-state index is 6.03. The topological polar surface area (TPSA) is 56.2 Å². The molecule has 2 aromatic heterocycles. The molecule has 3 rings (SSSR count). The van der Waals surface area contributed by atoms with Crippen LogP contribution in [0.2, 0.25) is 0 Å². The lowest BCUT2D eigenvalue weighted by Crippen LogP contribution is -1.95. The minimum absolute atomic E-state index is 0.602. The number of aryl methyl sites for hydroxylation is 1. The average molecular weight is 230 g/mol. The molecule has 5 heteroatoms. The van der Waals surface area contributed by atoms with Crippen molar-refractivity contribution in [2.75, 3.05) is 5.73 Å². The van der Waals surface area contributed by atoms with Gasteiger partial charge >= 0.3 is 0 Å². The van der Waals surface area contributed by atoms with Crippen molar-refractivity contribution in [2.24, 2.45) is 0 Å². The Kier molecular flexibility index (Phi) is 1.94. The van der Waals surface area contributed by atoms with Crippen LogP contribution in [0.3, 0.4) is 0 Å². The van der Waals surface area contributed by atoms with Crippen molar-refractivity contribution >= 4 is 22.1 Å². The highest BCUT2D eigenvalue weighted by atomic mass is 32.1. The maximum Gasteiger partial charge on any atom is 0.214 e. The number of nitrogens with zero attached hydrogens (tertiary/aromatic N) is 3. The molecule has 2 N–H and O–H groups in total. The predicted molar refractivity (Wildman–Crippen MR) is 65.4 cm³/mol. The summed E-state index contributed by atoms with van der Waals surface area (Å²) in [6.45, 7) is 1.95. The highest BCUT2D eigenvalue weighted by Crippen LogP contribution is 2.27. The molecule has 0 spiro atoms. The lowest BCUT2D eigenvalue weighted by atomic mass is 10.1. The normalized spacial score (nSPS) is 11.1. The molecule has 0 bridgehead atoms. The van der Waals surface area contributed by atoms with Crippen LogP contribution in [0.5, 0.6) is 0 Å². The van der Waals surface area contributed by atoms with Gasteiger partial charge in [0.2, 0.25) is 4.96 Å². The Morgan fingerprint density at radius 1 is 1.25 bits per heavy atom. The van der Waals surface area contributed by atoms with Crippen molar-refractivity contribution in [2.45, 2.75) is 6.92 Å². The molecule has 0 saturated carbocycles. The number of anilines is 1. The molecular weight excluding hydrogens is 220 g/mol. The number of imidazole rings is 1. The van der Waals surface area contributed by atoms with Crippen molar-refractivity contribution in [3.8, 4) is 11.3 Å². The second-order valence-corrected chi connectivity index (χ2v) is 4.69. The van der Waals surface area contributed by atoms with E-state index in [1.165, 1.54) is 0 Å². The summed E-state index contributed by atoms with van der Waals surface area (Å²) in [4.78, 5) is 5.34. The van der Waals surface area contributed by atoms with Gasteiger partial charge in [0.25, 0.3) is 0 Å². The van der Waals surface area contributed by atoms with Gasteiger partial charge in [0, 0.05) is 5.56 Å². The molecule has 0 aliphatic heterocycles. The molecule has 0 fully saturated rings. The van der Waals surface area contributed by atoms with Gasteiger partial charge in [0.05, 0.1) is 0 Å². The van der Waals surface area contributed by atoms with Gasteiger partial charge in [-0.1, -0.05) is 41.7 Å². The highest BCUT2D eigenvalue weighted by molar-refractivity contribution is 7.16. The van der Waals surface area contributed by atoms with Gasteiger partial charge in [-0.05, 0) is 6.92 Å². The Bertz CT molecular complexity index is 639. The van der Waals surface area contributed by atoms with Crippen LogP contribution in [-0.2, 0) is 0 Å². The predicted octanol–water partition coefficient (Wildman–Crippen LogP) is 2.35. The molecule has 16 heavy (non-hydrogen) atoms. The molecule has 80 valence electrons. The van der Waals surface area contributed by atoms with E-state index in [0.29, 0.717) is 5.82 Å². The lowest BCUT2D eigenvalue weighted by Gasteiger charge is -1.97. The molecule has 0 atom stereocenters. The third kappa shape index (κ3) is 1.29. The van der Waals surface area contributed by atoms with E-state index < -0.39 is 0 Å². The third-order valence-electron chi connectivity index (χ3n) is 2.39. The van der Waals surface area contributed by atoms with Gasteiger partial charge in [-0.15, -0.1) is 0 Å². The van der Waals surface area contributed by atoms with Crippen LogP contribution in [0.25, 0.3) is 16.2 Å².